The maximum Gasteiger partial charge on any atom is 0.389 e. The number of alkyl halides is 3. The van der Waals surface area contributed by atoms with Crippen molar-refractivity contribution in [2.45, 2.75) is 25.6 Å². The standard InChI is InChI=1S/C11H13F3N2O3/c12-11(13,14)4-1-5-19-7-8-2-3-9(15)10(6-8)16(17)18/h2-3,6H,1,4-5,7,15H2. The van der Waals surface area contributed by atoms with E-state index >= 15 is 0 Å². The monoisotopic (exact) mass is 278 g/mol. The number of benzene rings is 1. The Labute approximate surface area is 107 Å². The van der Waals surface area contributed by atoms with Crippen LogP contribution in [0.4, 0.5) is 24.5 Å². The molecule has 0 fully saturated rings. The number of ether oxygens (including phenoxy) is 1. The van der Waals surface area contributed by atoms with Crippen LogP contribution in [0.2, 0.25) is 0 Å². The van der Waals surface area contributed by atoms with E-state index in [1.165, 1.54) is 18.2 Å². The van der Waals surface area contributed by atoms with Gasteiger partial charge in [0.2, 0.25) is 0 Å². The maximum atomic E-state index is 11.8. The number of anilines is 1. The van der Waals surface area contributed by atoms with E-state index in [0.29, 0.717) is 5.56 Å². The lowest BCUT2D eigenvalue weighted by Crippen LogP contribution is -2.08. The van der Waals surface area contributed by atoms with Crippen LogP contribution in [0.1, 0.15) is 18.4 Å². The Bertz CT molecular complexity index is 449. The Morgan fingerprint density at radius 2 is 2.05 bits per heavy atom. The van der Waals surface area contributed by atoms with E-state index in [-0.39, 0.29) is 31.0 Å². The molecule has 0 saturated carbocycles. The van der Waals surface area contributed by atoms with Gasteiger partial charge in [-0.15, -0.1) is 0 Å². The Morgan fingerprint density at radius 1 is 1.37 bits per heavy atom. The van der Waals surface area contributed by atoms with E-state index in [2.05, 4.69) is 0 Å². The fraction of sp³-hybridized carbons (Fsp3) is 0.455. The van der Waals surface area contributed by atoms with Crippen molar-refractivity contribution in [3.05, 3.63) is 33.9 Å². The fourth-order valence-corrected chi connectivity index (χ4v) is 1.40. The lowest BCUT2D eigenvalue weighted by atomic mass is 10.2. The molecule has 0 amide bonds. The average molecular weight is 278 g/mol. The van der Waals surface area contributed by atoms with Crippen LogP contribution in [-0.4, -0.2) is 17.7 Å². The van der Waals surface area contributed by atoms with E-state index in [1.54, 1.807) is 0 Å². The highest BCUT2D eigenvalue weighted by atomic mass is 19.4. The summed E-state index contributed by atoms with van der Waals surface area (Å²) in [7, 11) is 0. The van der Waals surface area contributed by atoms with Gasteiger partial charge in [-0.05, 0) is 18.1 Å². The largest absolute Gasteiger partial charge is 0.393 e. The van der Waals surface area contributed by atoms with Crippen molar-refractivity contribution in [1.29, 1.82) is 0 Å². The SMILES string of the molecule is Nc1ccc(COCCCC(F)(F)F)cc1[N+](=O)[O-]. The van der Waals surface area contributed by atoms with Crippen molar-refractivity contribution in [3.63, 3.8) is 0 Å². The van der Waals surface area contributed by atoms with E-state index in [1.807, 2.05) is 0 Å². The second kappa shape index (κ2) is 6.37. The predicted octanol–water partition coefficient (Wildman–Crippen LogP) is 3.04. The van der Waals surface area contributed by atoms with E-state index in [0.717, 1.165) is 0 Å². The quantitative estimate of drug-likeness (QED) is 0.375. The molecule has 0 unspecified atom stereocenters. The van der Waals surface area contributed by atoms with Crippen molar-refractivity contribution in [2.24, 2.45) is 0 Å². The first kappa shape index (κ1) is 15.2. The molecular formula is C11H13F3N2O3. The third-order valence-corrected chi connectivity index (χ3v) is 2.31. The Hall–Kier alpha value is -1.83. The third-order valence-electron chi connectivity index (χ3n) is 2.31. The number of hydrogen-bond acceptors (Lipinski definition) is 4. The van der Waals surface area contributed by atoms with Gasteiger partial charge in [0.1, 0.15) is 5.69 Å². The van der Waals surface area contributed by atoms with Gasteiger partial charge in [-0.3, -0.25) is 10.1 Å². The van der Waals surface area contributed by atoms with Gasteiger partial charge in [0.05, 0.1) is 11.5 Å². The zero-order valence-corrected chi connectivity index (χ0v) is 9.94. The first-order valence-electron chi connectivity index (χ1n) is 5.47. The van der Waals surface area contributed by atoms with Crippen LogP contribution < -0.4 is 5.73 Å². The molecule has 0 aliphatic rings. The van der Waals surface area contributed by atoms with Gasteiger partial charge in [-0.25, -0.2) is 0 Å². The van der Waals surface area contributed by atoms with Gasteiger partial charge >= 0.3 is 6.18 Å². The molecule has 0 aliphatic heterocycles. The zero-order chi connectivity index (χ0) is 14.5. The molecule has 0 aromatic heterocycles. The Balaban J connectivity index is 2.42. The van der Waals surface area contributed by atoms with Crippen molar-refractivity contribution in [1.82, 2.24) is 0 Å². The summed E-state index contributed by atoms with van der Waals surface area (Å²) in [5.41, 5.74) is 5.69. The molecule has 1 aromatic carbocycles. The average Bonchev–Trinajstić information content (AvgIpc) is 2.29. The number of nitrogens with two attached hydrogens (primary N) is 1. The lowest BCUT2D eigenvalue weighted by molar-refractivity contribution is -0.384. The molecule has 0 radical (unpaired) electrons. The first-order chi connectivity index (χ1) is 8.79. The van der Waals surface area contributed by atoms with Gasteiger partial charge in [-0.1, -0.05) is 6.07 Å². The molecular weight excluding hydrogens is 265 g/mol. The maximum absolute atomic E-state index is 11.8. The van der Waals surface area contributed by atoms with Crippen LogP contribution in [0, 0.1) is 10.1 Å². The zero-order valence-electron chi connectivity index (χ0n) is 9.94. The molecule has 0 heterocycles. The van der Waals surface area contributed by atoms with Gasteiger partial charge in [0.25, 0.3) is 5.69 Å². The number of nitrogens with zero attached hydrogens (tertiary/aromatic N) is 1. The van der Waals surface area contributed by atoms with Crippen LogP contribution in [-0.2, 0) is 11.3 Å². The van der Waals surface area contributed by atoms with E-state index < -0.39 is 17.5 Å². The Morgan fingerprint density at radius 3 is 2.63 bits per heavy atom. The van der Waals surface area contributed by atoms with Crippen LogP contribution in [0.3, 0.4) is 0 Å². The number of nitro benzene ring substituents is 1. The summed E-state index contributed by atoms with van der Waals surface area (Å²) in [6.45, 7) is -0.0450. The second-order valence-electron chi connectivity index (χ2n) is 3.92. The number of nitro groups is 1. The molecule has 0 atom stereocenters. The van der Waals surface area contributed by atoms with Crippen molar-refractivity contribution >= 4 is 11.4 Å². The second-order valence-corrected chi connectivity index (χ2v) is 3.92. The first-order valence-corrected chi connectivity index (χ1v) is 5.47. The highest BCUT2D eigenvalue weighted by Gasteiger charge is 2.25. The topological polar surface area (TPSA) is 78.4 Å². The van der Waals surface area contributed by atoms with Gasteiger partial charge < -0.3 is 10.5 Å². The summed E-state index contributed by atoms with van der Waals surface area (Å²) in [5, 5.41) is 10.6. The molecule has 1 rings (SSSR count). The summed E-state index contributed by atoms with van der Waals surface area (Å²) in [5.74, 6) is 0. The highest BCUT2D eigenvalue weighted by molar-refractivity contribution is 5.59. The van der Waals surface area contributed by atoms with Crippen LogP contribution in [0.5, 0.6) is 0 Å². The molecule has 19 heavy (non-hydrogen) atoms. The predicted molar refractivity (Wildman–Crippen MR) is 62.5 cm³/mol. The van der Waals surface area contributed by atoms with Gasteiger partial charge in [-0.2, -0.15) is 13.2 Å². The molecule has 1 aromatic rings. The molecule has 0 saturated heterocycles. The van der Waals surface area contributed by atoms with Gasteiger partial charge in [0.15, 0.2) is 0 Å². The van der Waals surface area contributed by atoms with Crippen molar-refractivity contribution in [2.75, 3.05) is 12.3 Å². The summed E-state index contributed by atoms with van der Waals surface area (Å²) in [6.07, 6.45) is -5.24. The summed E-state index contributed by atoms with van der Waals surface area (Å²) in [4.78, 5) is 10.00. The van der Waals surface area contributed by atoms with Crippen LogP contribution >= 0.6 is 0 Å². The Kier molecular flexibility index (Phi) is 5.11. The summed E-state index contributed by atoms with van der Waals surface area (Å²) in [6, 6.07) is 4.15. The van der Waals surface area contributed by atoms with E-state index in [4.69, 9.17) is 10.5 Å². The third kappa shape index (κ3) is 5.56. The fourth-order valence-electron chi connectivity index (χ4n) is 1.40. The minimum absolute atomic E-state index is 0.0129. The molecule has 0 spiro atoms. The number of hydrogen-bond donors (Lipinski definition) is 1. The molecule has 5 nitrogen and oxygen atoms in total. The minimum Gasteiger partial charge on any atom is -0.393 e. The van der Waals surface area contributed by atoms with Crippen LogP contribution in [0.15, 0.2) is 18.2 Å². The lowest BCUT2D eigenvalue weighted by Gasteiger charge is -2.07. The summed E-state index contributed by atoms with van der Waals surface area (Å²) < 4.78 is 40.6. The molecule has 2 N–H and O–H groups in total. The van der Waals surface area contributed by atoms with Crippen molar-refractivity contribution in [3.8, 4) is 0 Å². The van der Waals surface area contributed by atoms with Crippen LogP contribution in [0.25, 0.3) is 0 Å². The smallest absolute Gasteiger partial charge is 0.389 e. The minimum atomic E-state index is -4.19. The number of halogens is 3. The molecule has 106 valence electrons. The molecule has 0 bridgehead atoms. The molecule has 8 heteroatoms. The number of nitrogen functional groups attached to an aromatic ring is 1. The highest BCUT2D eigenvalue weighted by Crippen LogP contribution is 2.23. The van der Waals surface area contributed by atoms with E-state index in [9.17, 15) is 23.3 Å². The van der Waals surface area contributed by atoms with Gasteiger partial charge in [0, 0.05) is 19.1 Å². The summed E-state index contributed by atoms with van der Waals surface area (Å²) >= 11 is 0. The number of rotatable bonds is 6. The normalized spacial score (nSPS) is 11.5. The molecule has 0 aliphatic carbocycles. The van der Waals surface area contributed by atoms with Crippen molar-refractivity contribution < 1.29 is 22.8 Å².